The zero-order valence-corrected chi connectivity index (χ0v) is 11.1. The summed E-state index contributed by atoms with van der Waals surface area (Å²) in [6.07, 6.45) is 8.75. The first kappa shape index (κ1) is 12.7. The van der Waals surface area contributed by atoms with Gasteiger partial charge in [0.1, 0.15) is 5.60 Å². The van der Waals surface area contributed by atoms with E-state index in [-0.39, 0.29) is 11.6 Å². The summed E-state index contributed by atoms with van der Waals surface area (Å²) in [7, 11) is 0. The predicted octanol–water partition coefficient (Wildman–Crippen LogP) is 3.85. The first-order valence-electron chi connectivity index (χ1n) is 6.89. The number of carbonyl (C=O) groups excluding carboxylic acids is 1. The lowest BCUT2D eigenvalue weighted by atomic mass is 9.66. The van der Waals surface area contributed by atoms with E-state index in [1.807, 2.05) is 0 Å². The molecule has 3 atom stereocenters. The highest BCUT2D eigenvalue weighted by atomic mass is 16.6. The van der Waals surface area contributed by atoms with E-state index >= 15 is 0 Å². The molecule has 0 amide bonds. The third-order valence-corrected chi connectivity index (χ3v) is 4.49. The Morgan fingerprint density at radius 1 is 1.24 bits per heavy atom. The number of ether oxygens (including phenoxy) is 1. The number of carbonyl (C=O) groups is 1. The molecule has 2 saturated carbocycles. The number of esters is 1. The Balaban J connectivity index is 1.97. The molecule has 2 aliphatic carbocycles. The van der Waals surface area contributed by atoms with Gasteiger partial charge in [-0.25, -0.2) is 4.79 Å². The van der Waals surface area contributed by atoms with Crippen molar-refractivity contribution in [2.45, 2.75) is 64.4 Å². The van der Waals surface area contributed by atoms with Crippen LogP contribution in [0.25, 0.3) is 0 Å². The molecule has 0 radical (unpaired) electrons. The average Bonchev–Trinajstić information content (AvgIpc) is 2.28. The molecule has 0 heterocycles. The monoisotopic (exact) mass is 236 g/mol. The molecular weight excluding hydrogens is 212 g/mol. The van der Waals surface area contributed by atoms with E-state index in [0.717, 1.165) is 24.7 Å². The van der Waals surface area contributed by atoms with Gasteiger partial charge in [-0.15, -0.1) is 0 Å². The van der Waals surface area contributed by atoms with E-state index < -0.39 is 0 Å². The van der Waals surface area contributed by atoms with E-state index in [0.29, 0.717) is 5.57 Å². The van der Waals surface area contributed by atoms with Gasteiger partial charge >= 0.3 is 5.97 Å². The molecule has 17 heavy (non-hydrogen) atoms. The van der Waals surface area contributed by atoms with Crippen molar-refractivity contribution in [3.63, 3.8) is 0 Å². The second-order valence-corrected chi connectivity index (χ2v) is 6.17. The van der Waals surface area contributed by atoms with Crippen LogP contribution in [0.4, 0.5) is 0 Å². The van der Waals surface area contributed by atoms with Crippen LogP contribution in [-0.2, 0) is 9.53 Å². The lowest BCUT2D eigenvalue weighted by Gasteiger charge is -2.44. The Morgan fingerprint density at radius 2 is 1.88 bits per heavy atom. The average molecular weight is 236 g/mol. The van der Waals surface area contributed by atoms with Crippen LogP contribution in [0.5, 0.6) is 0 Å². The van der Waals surface area contributed by atoms with Crippen LogP contribution in [0.15, 0.2) is 12.2 Å². The van der Waals surface area contributed by atoms with Crippen LogP contribution in [0.3, 0.4) is 0 Å². The SMILES string of the molecule is C=C(C)C(=O)OC1(C)CCC2CCCCC2C1. The number of fused-ring (bicyclic) bond motifs is 1. The van der Waals surface area contributed by atoms with Crippen molar-refractivity contribution in [1.29, 1.82) is 0 Å². The molecule has 3 unspecified atom stereocenters. The number of hydrogen-bond acceptors (Lipinski definition) is 2. The van der Waals surface area contributed by atoms with E-state index in [1.165, 1.54) is 32.1 Å². The summed E-state index contributed by atoms with van der Waals surface area (Å²) in [6, 6.07) is 0. The third kappa shape index (κ3) is 2.91. The van der Waals surface area contributed by atoms with Gasteiger partial charge < -0.3 is 4.74 Å². The molecule has 96 valence electrons. The standard InChI is InChI=1S/C15H24O2/c1-11(2)14(16)17-15(3)9-8-12-6-4-5-7-13(12)10-15/h12-13H,1,4-10H2,2-3H3. The Hall–Kier alpha value is -0.790. The highest BCUT2D eigenvalue weighted by Gasteiger charge is 2.40. The molecule has 0 N–H and O–H groups in total. The summed E-state index contributed by atoms with van der Waals surface area (Å²) in [5.74, 6) is 1.45. The van der Waals surface area contributed by atoms with E-state index in [9.17, 15) is 4.79 Å². The van der Waals surface area contributed by atoms with Crippen LogP contribution in [0, 0.1) is 11.8 Å². The normalized spacial score (nSPS) is 37.1. The molecule has 0 spiro atoms. The van der Waals surface area contributed by atoms with Crippen molar-refractivity contribution in [2.75, 3.05) is 0 Å². The predicted molar refractivity (Wildman–Crippen MR) is 68.6 cm³/mol. The van der Waals surface area contributed by atoms with Crippen LogP contribution in [0.2, 0.25) is 0 Å². The Bertz CT molecular complexity index is 321. The number of rotatable bonds is 2. The largest absolute Gasteiger partial charge is 0.456 e. The van der Waals surface area contributed by atoms with Crippen LogP contribution in [-0.4, -0.2) is 11.6 Å². The first-order chi connectivity index (χ1) is 8.00. The minimum absolute atomic E-state index is 0.221. The number of hydrogen-bond donors (Lipinski definition) is 0. The van der Waals surface area contributed by atoms with Crippen molar-refractivity contribution in [1.82, 2.24) is 0 Å². The minimum Gasteiger partial charge on any atom is -0.456 e. The summed E-state index contributed by atoms with van der Waals surface area (Å²) in [5, 5.41) is 0. The van der Waals surface area contributed by atoms with E-state index in [4.69, 9.17) is 4.74 Å². The maximum absolute atomic E-state index is 11.7. The van der Waals surface area contributed by atoms with E-state index in [2.05, 4.69) is 13.5 Å². The molecule has 0 saturated heterocycles. The second kappa shape index (κ2) is 4.83. The van der Waals surface area contributed by atoms with Crippen molar-refractivity contribution in [2.24, 2.45) is 11.8 Å². The Kier molecular flexibility index (Phi) is 3.60. The maximum Gasteiger partial charge on any atom is 0.333 e. The zero-order valence-electron chi connectivity index (χ0n) is 11.1. The Labute approximate surface area is 104 Å². The minimum atomic E-state index is -0.242. The molecular formula is C15H24O2. The van der Waals surface area contributed by atoms with Crippen LogP contribution >= 0.6 is 0 Å². The molecule has 0 aliphatic heterocycles. The van der Waals surface area contributed by atoms with Gasteiger partial charge in [-0.1, -0.05) is 32.3 Å². The smallest absolute Gasteiger partial charge is 0.333 e. The fraction of sp³-hybridized carbons (Fsp3) is 0.800. The zero-order chi connectivity index (χ0) is 12.5. The van der Waals surface area contributed by atoms with Crippen molar-refractivity contribution in [3.8, 4) is 0 Å². The molecule has 2 fully saturated rings. The molecule has 2 aliphatic rings. The first-order valence-corrected chi connectivity index (χ1v) is 6.89. The highest BCUT2D eigenvalue weighted by Crippen LogP contribution is 2.45. The van der Waals surface area contributed by atoms with Gasteiger partial charge in [0, 0.05) is 5.57 Å². The third-order valence-electron chi connectivity index (χ3n) is 4.49. The molecule has 0 aromatic carbocycles. The summed E-state index contributed by atoms with van der Waals surface area (Å²) in [4.78, 5) is 11.7. The van der Waals surface area contributed by atoms with Gasteiger partial charge in [-0.05, 0) is 44.9 Å². The van der Waals surface area contributed by atoms with Gasteiger partial charge in [0.15, 0.2) is 0 Å². The fourth-order valence-electron chi connectivity index (χ4n) is 3.48. The molecule has 0 aromatic heterocycles. The molecule has 2 rings (SSSR count). The maximum atomic E-state index is 11.7. The second-order valence-electron chi connectivity index (χ2n) is 6.17. The summed E-state index contributed by atoms with van der Waals surface area (Å²) in [6.45, 7) is 7.47. The van der Waals surface area contributed by atoms with E-state index in [1.54, 1.807) is 6.92 Å². The van der Waals surface area contributed by atoms with Crippen molar-refractivity contribution in [3.05, 3.63) is 12.2 Å². The lowest BCUT2D eigenvalue weighted by molar-refractivity contribution is -0.160. The highest BCUT2D eigenvalue weighted by molar-refractivity contribution is 5.87. The van der Waals surface area contributed by atoms with Crippen molar-refractivity contribution < 1.29 is 9.53 Å². The van der Waals surface area contributed by atoms with Gasteiger partial charge in [0.25, 0.3) is 0 Å². The Morgan fingerprint density at radius 3 is 2.53 bits per heavy atom. The van der Waals surface area contributed by atoms with Gasteiger partial charge in [-0.3, -0.25) is 0 Å². The lowest BCUT2D eigenvalue weighted by Crippen LogP contribution is -2.41. The van der Waals surface area contributed by atoms with Gasteiger partial charge in [0.2, 0.25) is 0 Å². The molecule has 2 nitrogen and oxygen atoms in total. The van der Waals surface area contributed by atoms with Crippen LogP contribution < -0.4 is 0 Å². The molecule has 2 heteroatoms. The molecule has 0 aromatic rings. The van der Waals surface area contributed by atoms with Crippen molar-refractivity contribution >= 4 is 5.97 Å². The molecule has 0 bridgehead atoms. The fourth-order valence-corrected chi connectivity index (χ4v) is 3.48. The summed E-state index contributed by atoms with van der Waals surface area (Å²) >= 11 is 0. The quantitative estimate of drug-likeness (QED) is 0.537. The summed E-state index contributed by atoms with van der Waals surface area (Å²) < 4.78 is 5.65. The summed E-state index contributed by atoms with van der Waals surface area (Å²) in [5.41, 5.74) is 0.270. The van der Waals surface area contributed by atoms with Gasteiger partial charge in [0.05, 0.1) is 0 Å². The van der Waals surface area contributed by atoms with Gasteiger partial charge in [-0.2, -0.15) is 0 Å². The van der Waals surface area contributed by atoms with Crippen LogP contribution in [0.1, 0.15) is 58.8 Å². The topological polar surface area (TPSA) is 26.3 Å².